The third-order valence-electron chi connectivity index (χ3n) is 6.06. The van der Waals surface area contributed by atoms with Crippen LogP contribution in [0.3, 0.4) is 0 Å². The van der Waals surface area contributed by atoms with Crippen LogP contribution < -0.4 is 18.9 Å². The van der Waals surface area contributed by atoms with Crippen LogP contribution in [0.2, 0.25) is 0 Å². The number of hydrogen-bond acceptors (Lipinski definition) is 5. The minimum Gasteiger partial charge on any atom is -0.491 e. The molecule has 0 bridgehead atoms. The van der Waals surface area contributed by atoms with Crippen LogP contribution in [-0.4, -0.2) is 31.2 Å². The Balaban J connectivity index is 1.04. The Kier molecular flexibility index (Phi) is 8.75. The van der Waals surface area contributed by atoms with E-state index in [1.165, 1.54) is 0 Å². The van der Waals surface area contributed by atoms with Crippen LogP contribution in [0.5, 0.6) is 23.0 Å². The second kappa shape index (κ2) is 13.2. The fraction of sp³-hybridized carbons (Fsp3) is 0.118. The van der Waals surface area contributed by atoms with Crippen molar-refractivity contribution in [3.8, 4) is 45.3 Å². The van der Waals surface area contributed by atoms with Crippen molar-refractivity contribution in [2.45, 2.75) is 6.10 Å². The lowest BCUT2D eigenvalue weighted by Crippen LogP contribution is -2.25. The summed E-state index contributed by atoms with van der Waals surface area (Å²) in [5.41, 5.74) is 4.54. The normalized spacial score (nSPS) is 11.4. The van der Waals surface area contributed by atoms with E-state index in [2.05, 4.69) is 24.3 Å². The van der Waals surface area contributed by atoms with Crippen molar-refractivity contribution in [2.24, 2.45) is 0 Å². The van der Waals surface area contributed by atoms with Gasteiger partial charge in [0, 0.05) is 6.07 Å². The molecule has 5 aromatic carbocycles. The Morgan fingerprint density at radius 1 is 0.410 bits per heavy atom. The topological polar surface area (TPSA) is 57.2 Å². The summed E-state index contributed by atoms with van der Waals surface area (Å²) >= 11 is 0. The fourth-order valence-electron chi connectivity index (χ4n) is 4.00. The van der Waals surface area contributed by atoms with E-state index in [-0.39, 0.29) is 20.0 Å². The molecule has 5 heteroatoms. The first kappa shape index (κ1) is 25.9. The van der Waals surface area contributed by atoms with Crippen LogP contribution in [0, 0.1) is 0 Å². The zero-order chi connectivity index (χ0) is 26.7. The molecule has 0 spiro atoms. The third kappa shape index (κ3) is 7.63. The Labute approximate surface area is 228 Å². The molecule has 0 saturated heterocycles. The summed E-state index contributed by atoms with van der Waals surface area (Å²) in [6.07, 6.45) is -0.787. The van der Waals surface area contributed by atoms with Gasteiger partial charge in [-0.15, -0.1) is 0 Å². The molecule has 5 aromatic rings. The van der Waals surface area contributed by atoms with Crippen molar-refractivity contribution >= 4 is 0 Å². The first-order chi connectivity index (χ1) is 19.2. The minimum atomic E-state index is -0.787. The number of rotatable bonds is 12. The van der Waals surface area contributed by atoms with Crippen molar-refractivity contribution in [2.75, 3.05) is 20.0 Å². The van der Waals surface area contributed by atoms with Gasteiger partial charge in [0.1, 0.15) is 42.3 Å². The van der Waals surface area contributed by atoms with Gasteiger partial charge in [0.2, 0.25) is 6.79 Å². The third-order valence-corrected chi connectivity index (χ3v) is 6.06. The number of ether oxygens (including phenoxy) is 4. The molecule has 1 atom stereocenters. The predicted molar refractivity (Wildman–Crippen MR) is 153 cm³/mol. The van der Waals surface area contributed by atoms with Crippen LogP contribution in [0.25, 0.3) is 22.3 Å². The molecule has 0 amide bonds. The first-order valence-corrected chi connectivity index (χ1v) is 12.8. The molecule has 5 nitrogen and oxygen atoms in total. The quantitative estimate of drug-likeness (QED) is 0.176. The van der Waals surface area contributed by atoms with Crippen molar-refractivity contribution in [1.82, 2.24) is 0 Å². The highest BCUT2D eigenvalue weighted by Crippen LogP contribution is 2.24. The number of hydrogen-bond donors (Lipinski definition) is 1. The van der Waals surface area contributed by atoms with Gasteiger partial charge in [0.15, 0.2) is 0 Å². The molecular weight excluding hydrogens is 488 g/mol. The van der Waals surface area contributed by atoms with Gasteiger partial charge in [-0.25, -0.2) is 0 Å². The van der Waals surface area contributed by atoms with Crippen molar-refractivity contribution in [3.63, 3.8) is 0 Å². The average molecular weight is 519 g/mol. The maximum atomic E-state index is 10.3. The smallest absolute Gasteiger partial charge is 0.230 e. The molecule has 0 aliphatic carbocycles. The average Bonchev–Trinajstić information content (AvgIpc) is 3.01. The van der Waals surface area contributed by atoms with E-state index >= 15 is 0 Å². The highest BCUT2D eigenvalue weighted by molar-refractivity contribution is 5.64. The Morgan fingerprint density at radius 2 is 0.821 bits per heavy atom. The molecule has 5 rings (SSSR count). The highest BCUT2D eigenvalue weighted by Gasteiger charge is 2.08. The lowest BCUT2D eigenvalue weighted by atomic mass is 10.1. The minimum absolute atomic E-state index is 0.0632. The fourth-order valence-corrected chi connectivity index (χ4v) is 4.00. The van der Waals surface area contributed by atoms with Gasteiger partial charge in [-0.3, -0.25) is 0 Å². The summed E-state index contributed by atoms with van der Waals surface area (Å²) in [5, 5.41) is 10.3. The zero-order valence-corrected chi connectivity index (χ0v) is 21.5. The van der Waals surface area contributed by atoms with Crippen LogP contribution in [0.15, 0.2) is 133 Å². The zero-order valence-electron chi connectivity index (χ0n) is 21.5. The maximum Gasteiger partial charge on any atom is 0.230 e. The molecule has 0 aliphatic rings. The van der Waals surface area contributed by atoms with Gasteiger partial charge in [-0.1, -0.05) is 91.0 Å². The number of aliphatic hydroxyl groups excluding tert-OH is 1. The summed E-state index contributed by atoms with van der Waals surface area (Å²) < 4.78 is 22.9. The number of benzene rings is 5. The van der Waals surface area contributed by atoms with Crippen LogP contribution in [0.4, 0.5) is 0 Å². The summed E-state index contributed by atoms with van der Waals surface area (Å²) in [6, 6.07) is 43.3. The summed E-state index contributed by atoms with van der Waals surface area (Å²) in [6.45, 7) is 0.279. The van der Waals surface area contributed by atoms with E-state index in [9.17, 15) is 5.11 Å². The van der Waals surface area contributed by atoms with Gasteiger partial charge in [-0.2, -0.15) is 0 Å². The van der Waals surface area contributed by atoms with Crippen molar-refractivity contribution < 1.29 is 24.1 Å². The molecule has 0 radical (unpaired) electrons. The predicted octanol–water partition coefficient (Wildman–Crippen LogP) is 7.25. The summed E-state index contributed by atoms with van der Waals surface area (Å²) in [4.78, 5) is 0. The Bertz CT molecular complexity index is 1420. The molecule has 1 unspecified atom stereocenters. The molecule has 0 saturated carbocycles. The van der Waals surface area contributed by atoms with Gasteiger partial charge < -0.3 is 24.1 Å². The number of aliphatic hydroxyl groups is 1. The van der Waals surface area contributed by atoms with Crippen molar-refractivity contribution in [1.29, 1.82) is 0 Å². The van der Waals surface area contributed by atoms with Crippen LogP contribution in [0.1, 0.15) is 0 Å². The summed E-state index contributed by atoms with van der Waals surface area (Å²) in [7, 11) is 0. The second-order valence-corrected chi connectivity index (χ2v) is 8.94. The second-order valence-electron chi connectivity index (χ2n) is 8.94. The Hall–Kier alpha value is -4.74. The van der Waals surface area contributed by atoms with Gasteiger partial charge in [0.25, 0.3) is 0 Å². The van der Waals surface area contributed by atoms with E-state index in [1.54, 1.807) is 6.07 Å². The summed E-state index contributed by atoms with van der Waals surface area (Å²) in [5.74, 6) is 2.61. The molecule has 1 N–H and O–H groups in total. The van der Waals surface area contributed by atoms with Gasteiger partial charge in [0.05, 0.1) is 0 Å². The molecule has 39 heavy (non-hydrogen) atoms. The lowest BCUT2D eigenvalue weighted by molar-refractivity contribution is 0.0623. The Morgan fingerprint density at radius 3 is 1.36 bits per heavy atom. The van der Waals surface area contributed by atoms with E-state index in [4.69, 9.17) is 18.9 Å². The van der Waals surface area contributed by atoms with E-state index in [0.717, 1.165) is 28.0 Å². The molecule has 0 aromatic heterocycles. The standard InChI is InChI=1S/C34H30O5/c35-30(23-36-31-18-14-28(15-19-31)26-8-3-1-4-9-26)24-37-33-12-7-13-34(22-33)39-25-38-32-20-16-29(17-21-32)27-10-5-2-6-11-27/h1-22,30,35H,23-25H2. The molecule has 0 heterocycles. The van der Waals surface area contributed by atoms with Crippen LogP contribution in [-0.2, 0) is 0 Å². The van der Waals surface area contributed by atoms with Gasteiger partial charge >= 0.3 is 0 Å². The first-order valence-electron chi connectivity index (χ1n) is 12.8. The van der Waals surface area contributed by atoms with E-state index in [1.807, 2.05) is 103 Å². The van der Waals surface area contributed by atoms with Crippen LogP contribution >= 0.6 is 0 Å². The lowest BCUT2D eigenvalue weighted by Gasteiger charge is -2.15. The monoisotopic (exact) mass is 518 g/mol. The molecular formula is C34H30O5. The maximum absolute atomic E-state index is 10.3. The molecule has 0 fully saturated rings. The highest BCUT2D eigenvalue weighted by atomic mass is 16.7. The largest absolute Gasteiger partial charge is 0.491 e. The SMILES string of the molecule is OC(COc1ccc(-c2ccccc2)cc1)COc1cccc(OCOc2ccc(-c3ccccc3)cc2)c1. The molecule has 196 valence electrons. The molecule has 0 aliphatic heterocycles. The van der Waals surface area contributed by atoms with E-state index in [0.29, 0.717) is 17.2 Å². The van der Waals surface area contributed by atoms with Crippen molar-refractivity contribution in [3.05, 3.63) is 133 Å². The van der Waals surface area contributed by atoms with E-state index < -0.39 is 6.10 Å². The van der Waals surface area contributed by atoms with Gasteiger partial charge in [-0.05, 0) is 58.7 Å².